The van der Waals surface area contributed by atoms with E-state index in [1.165, 1.54) is 12.1 Å². The van der Waals surface area contributed by atoms with Crippen molar-refractivity contribution in [2.45, 2.75) is 26.4 Å². The third kappa shape index (κ3) is 4.92. The summed E-state index contributed by atoms with van der Waals surface area (Å²) in [4.78, 5) is 24.5. The molecule has 0 radical (unpaired) electrons. The minimum Gasteiger partial charge on any atom is -0.479 e. The van der Waals surface area contributed by atoms with Crippen LogP contribution in [-0.2, 0) is 11.2 Å². The van der Waals surface area contributed by atoms with Gasteiger partial charge in [-0.15, -0.1) is 0 Å². The first-order valence-electron chi connectivity index (χ1n) is 7.99. The van der Waals surface area contributed by atoms with Gasteiger partial charge in [0.05, 0.1) is 5.56 Å². The number of esters is 1. The molecule has 25 heavy (non-hydrogen) atoms. The fourth-order valence-electron chi connectivity index (χ4n) is 2.22. The molecular weight excluding hydrogens is 318 g/mol. The molecule has 0 aromatic heterocycles. The Hall–Kier alpha value is -3.13. The van der Waals surface area contributed by atoms with Gasteiger partial charge in [-0.05, 0) is 43.2 Å². The van der Waals surface area contributed by atoms with Gasteiger partial charge in [0.15, 0.2) is 12.7 Å². The molecule has 2 aromatic rings. The molecule has 2 rings (SSSR count). The maximum Gasteiger partial charge on any atom is 0.338 e. The van der Waals surface area contributed by atoms with E-state index >= 15 is 0 Å². The lowest BCUT2D eigenvalue weighted by atomic mass is 10.0. The lowest BCUT2D eigenvalue weighted by molar-refractivity contribution is 0.0319. The highest BCUT2D eigenvalue weighted by Gasteiger charge is 2.20. The summed E-state index contributed by atoms with van der Waals surface area (Å²) in [6, 6.07) is 15.3. The molecule has 0 saturated carbocycles. The summed E-state index contributed by atoms with van der Waals surface area (Å²) >= 11 is 0. The smallest absolute Gasteiger partial charge is 0.338 e. The van der Waals surface area contributed by atoms with E-state index in [0.29, 0.717) is 16.9 Å². The van der Waals surface area contributed by atoms with Gasteiger partial charge >= 0.3 is 5.97 Å². The average molecular weight is 337 g/mol. The van der Waals surface area contributed by atoms with Crippen LogP contribution >= 0.6 is 0 Å². The fraction of sp³-hybridized carbons (Fsp3) is 0.250. The van der Waals surface area contributed by atoms with Crippen LogP contribution in [0.2, 0.25) is 0 Å². The number of carbonyl (C=O) groups excluding carboxylic acids is 2. The third-order valence-corrected chi connectivity index (χ3v) is 3.69. The molecule has 5 nitrogen and oxygen atoms in total. The number of benzene rings is 2. The van der Waals surface area contributed by atoms with Crippen molar-refractivity contribution in [1.82, 2.24) is 0 Å². The van der Waals surface area contributed by atoms with E-state index in [1.807, 2.05) is 25.1 Å². The normalized spacial score (nSPS) is 11.2. The topological polar surface area (TPSA) is 76.4 Å². The van der Waals surface area contributed by atoms with Crippen LogP contribution in [-0.4, -0.2) is 24.5 Å². The Balaban J connectivity index is 1.98. The van der Waals surface area contributed by atoms with Crippen molar-refractivity contribution in [1.29, 1.82) is 5.26 Å². The van der Waals surface area contributed by atoms with Crippen LogP contribution in [0.15, 0.2) is 48.5 Å². The summed E-state index contributed by atoms with van der Waals surface area (Å²) in [5.74, 6) is -0.346. The molecule has 0 bridgehead atoms. The Morgan fingerprint density at radius 3 is 2.20 bits per heavy atom. The van der Waals surface area contributed by atoms with Crippen LogP contribution in [0.3, 0.4) is 0 Å². The summed E-state index contributed by atoms with van der Waals surface area (Å²) in [5.41, 5.74) is 1.96. The number of Topliss-reactive ketones (excluding diaryl/α,β-unsaturated/α-hetero) is 1. The van der Waals surface area contributed by atoms with Gasteiger partial charge in [-0.1, -0.05) is 31.2 Å². The summed E-state index contributed by atoms with van der Waals surface area (Å²) in [6.07, 6.45) is 0.0158. The first-order chi connectivity index (χ1) is 12.0. The fourth-order valence-corrected chi connectivity index (χ4v) is 2.22. The molecule has 0 saturated heterocycles. The summed E-state index contributed by atoms with van der Waals surface area (Å²) < 4.78 is 10.4. The predicted molar refractivity (Wildman–Crippen MR) is 92.6 cm³/mol. The Bertz CT molecular complexity index is 773. The highest BCUT2D eigenvalue weighted by Crippen LogP contribution is 2.15. The molecule has 0 N–H and O–H groups in total. The van der Waals surface area contributed by atoms with Gasteiger partial charge in [0.25, 0.3) is 0 Å². The second kappa shape index (κ2) is 8.65. The third-order valence-electron chi connectivity index (χ3n) is 3.69. The second-order valence-electron chi connectivity index (χ2n) is 5.43. The van der Waals surface area contributed by atoms with Crippen molar-refractivity contribution in [3.8, 4) is 11.8 Å². The largest absolute Gasteiger partial charge is 0.479 e. The molecule has 0 heterocycles. The lowest BCUT2D eigenvalue weighted by Gasteiger charge is -2.13. The number of hydrogen-bond donors (Lipinski definition) is 0. The van der Waals surface area contributed by atoms with Crippen LogP contribution in [0.5, 0.6) is 5.75 Å². The van der Waals surface area contributed by atoms with Crippen molar-refractivity contribution in [2.75, 3.05) is 6.61 Å². The van der Waals surface area contributed by atoms with Crippen molar-refractivity contribution in [3.63, 3.8) is 0 Å². The highest BCUT2D eigenvalue weighted by molar-refractivity contribution is 6.01. The molecule has 0 fully saturated rings. The van der Waals surface area contributed by atoms with Gasteiger partial charge in [-0.2, -0.15) is 5.26 Å². The van der Waals surface area contributed by atoms with Gasteiger partial charge < -0.3 is 9.47 Å². The van der Waals surface area contributed by atoms with E-state index in [4.69, 9.17) is 14.7 Å². The molecule has 0 spiro atoms. The van der Waals surface area contributed by atoms with Crippen molar-refractivity contribution >= 4 is 11.8 Å². The van der Waals surface area contributed by atoms with E-state index < -0.39 is 12.1 Å². The zero-order chi connectivity index (χ0) is 18.2. The first-order valence-corrected chi connectivity index (χ1v) is 7.99. The number of ether oxygens (including phenoxy) is 2. The molecule has 0 unspecified atom stereocenters. The Morgan fingerprint density at radius 2 is 1.64 bits per heavy atom. The molecule has 0 aliphatic heterocycles. The minimum absolute atomic E-state index is 0.0633. The van der Waals surface area contributed by atoms with Gasteiger partial charge in [0, 0.05) is 5.56 Å². The molecule has 5 heteroatoms. The zero-order valence-electron chi connectivity index (χ0n) is 14.2. The number of hydrogen-bond acceptors (Lipinski definition) is 5. The van der Waals surface area contributed by atoms with Gasteiger partial charge in [0.1, 0.15) is 11.8 Å². The van der Waals surface area contributed by atoms with Crippen LogP contribution in [0.4, 0.5) is 0 Å². The van der Waals surface area contributed by atoms with Gasteiger partial charge in [-0.3, -0.25) is 4.79 Å². The molecule has 2 aromatic carbocycles. The highest BCUT2D eigenvalue weighted by atomic mass is 16.5. The number of ketones is 1. The Morgan fingerprint density at radius 1 is 1.04 bits per heavy atom. The average Bonchev–Trinajstić information content (AvgIpc) is 2.66. The zero-order valence-corrected chi connectivity index (χ0v) is 14.2. The number of aryl methyl sites for hydroxylation is 1. The summed E-state index contributed by atoms with van der Waals surface area (Å²) in [5, 5.41) is 8.46. The maximum absolute atomic E-state index is 12.4. The molecule has 0 aliphatic rings. The SMILES string of the molecule is CCc1ccc(C(=O)[C@H](C)OC(=O)c2ccc(OCC#N)cc2)cc1. The monoisotopic (exact) mass is 337 g/mol. The van der Waals surface area contributed by atoms with Crippen molar-refractivity contribution in [3.05, 3.63) is 65.2 Å². The van der Waals surface area contributed by atoms with Crippen LogP contribution in [0.1, 0.15) is 40.1 Å². The van der Waals surface area contributed by atoms with Crippen LogP contribution in [0, 0.1) is 11.3 Å². The van der Waals surface area contributed by atoms with E-state index in [-0.39, 0.29) is 12.4 Å². The first kappa shape index (κ1) is 18.2. The van der Waals surface area contributed by atoms with Gasteiger partial charge in [0.2, 0.25) is 5.78 Å². The lowest BCUT2D eigenvalue weighted by Crippen LogP contribution is -2.24. The predicted octanol–water partition coefficient (Wildman–Crippen LogP) is 3.58. The van der Waals surface area contributed by atoms with E-state index in [2.05, 4.69) is 0 Å². The van der Waals surface area contributed by atoms with E-state index in [9.17, 15) is 9.59 Å². The Kier molecular flexibility index (Phi) is 6.30. The summed E-state index contributed by atoms with van der Waals surface area (Å²) in [7, 11) is 0. The molecule has 0 aliphatic carbocycles. The van der Waals surface area contributed by atoms with E-state index in [1.54, 1.807) is 31.2 Å². The number of carbonyl (C=O) groups is 2. The van der Waals surface area contributed by atoms with Crippen molar-refractivity contribution < 1.29 is 19.1 Å². The number of nitriles is 1. The maximum atomic E-state index is 12.4. The second-order valence-corrected chi connectivity index (χ2v) is 5.43. The van der Waals surface area contributed by atoms with Crippen LogP contribution < -0.4 is 4.74 Å². The quantitative estimate of drug-likeness (QED) is 0.570. The molecule has 1 atom stereocenters. The van der Waals surface area contributed by atoms with E-state index in [0.717, 1.165) is 12.0 Å². The Labute approximate surface area is 146 Å². The minimum atomic E-state index is -0.880. The molecule has 0 amide bonds. The summed E-state index contributed by atoms with van der Waals surface area (Å²) in [6.45, 7) is 3.53. The van der Waals surface area contributed by atoms with Crippen molar-refractivity contribution in [2.24, 2.45) is 0 Å². The number of rotatable bonds is 7. The molecule has 128 valence electrons. The number of nitrogens with zero attached hydrogens (tertiary/aromatic N) is 1. The van der Waals surface area contributed by atoms with Crippen LogP contribution in [0.25, 0.3) is 0 Å². The molecular formula is C20H19NO4. The van der Waals surface area contributed by atoms with Gasteiger partial charge in [-0.25, -0.2) is 4.79 Å². The standard InChI is InChI=1S/C20H19NO4/c1-3-15-4-6-16(7-5-15)19(22)14(2)25-20(23)17-8-10-18(11-9-17)24-13-12-21/h4-11,14H,3,13H2,1-2H3/t14-/m0/s1.